The topological polar surface area (TPSA) is 9.23 Å². The van der Waals surface area contributed by atoms with Gasteiger partial charge >= 0.3 is 0 Å². The molecule has 3 saturated carbocycles. The molecule has 3 aliphatic rings. The summed E-state index contributed by atoms with van der Waals surface area (Å²) in [7, 11) is 0. The maximum atomic E-state index is 14.8. The zero-order valence-electron chi connectivity index (χ0n) is 21.4. The first-order valence-electron chi connectivity index (χ1n) is 14.3. The van der Waals surface area contributed by atoms with E-state index in [1.54, 1.807) is 18.2 Å². The van der Waals surface area contributed by atoms with Crippen molar-refractivity contribution in [3.05, 3.63) is 42.0 Å². The van der Waals surface area contributed by atoms with Crippen molar-refractivity contribution < 1.29 is 13.5 Å². The van der Waals surface area contributed by atoms with E-state index < -0.39 is 11.6 Å². The van der Waals surface area contributed by atoms with Crippen LogP contribution in [-0.4, -0.2) is 6.61 Å². The van der Waals surface area contributed by atoms with Gasteiger partial charge in [-0.15, -0.1) is 0 Å². The quantitative estimate of drug-likeness (QED) is 0.308. The number of ether oxygens (including phenoxy) is 1. The first-order chi connectivity index (χ1) is 16.6. The number of unbranched alkanes of at least 4 members (excludes halogenated alkanes) is 1. The van der Waals surface area contributed by atoms with Crippen molar-refractivity contribution in [1.29, 1.82) is 0 Å². The number of rotatable bonds is 10. The van der Waals surface area contributed by atoms with Gasteiger partial charge in [0, 0.05) is 0 Å². The normalized spacial score (nSPS) is 31.6. The highest BCUT2D eigenvalue weighted by atomic mass is 19.2. The first kappa shape index (κ1) is 25.7. The van der Waals surface area contributed by atoms with E-state index >= 15 is 0 Å². The highest BCUT2D eigenvalue weighted by molar-refractivity contribution is 5.33. The highest BCUT2D eigenvalue weighted by Crippen LogP contribution is 2.49. The highest BCUT2D eigenvalue weighted by Gasteiger charge is 2.37. The van der Waals surface area contributed by atoms with E-state index in [0.29, 0.717) is 11.5 Å². The van der Waals surface area contributed by atoms with Crippen LogP contribution in [0.4, 0.5) is 8.78 Å². The molecule has 1 nitrogen and oxygen atoms in total. The molecule has 3 fully saturated rings. The minimum atomic E-state index is -0.843. The third-order valence-corrected chi connectivity index (χ3v) is 9.51. The van der Waals surface area contributed by atoms with Gasteiger partial charge in [-0.1, -0.05) is 89.9 Å². The van der Waals surface area contributed by atoms with E-state index in [1.165, 1.54) is 83.5 Å². The average molecular weight is 473 g/mol. The molecule has 4 rings (SSSR count). The zero-order chi connectivity index (χ0) is 23.9. The number of fused-ring (bicyclic) bond motifs is 1. The van der Waals surface area contributed by atoms with Crippen molar-refractivity contribution in [2.45, 2.75) is 109 Å². The number of benzene rings is 1. The molecule has 0 amide bonds. The Morgan fingerprint density at radius 2 is 1.47 bits per heavy atom. The number of halogens is 2. The minimum absolute atomic E-state index is 0.00945. The van der Waals surface area contributed by atoms with Gasteiger partial charge in [0.2, 0.25) is 5.82 Å². The summed E-state index contributed by atoms with van der Waals surface area (Å²) in [6.45, 7) is 6.06. The van der Waals surface area contributed by atoms with Crippen LogP contribution in [0.1, 0.15) is 115 Å². The summed E-state index contributed by atoms with van der Waals surface area (Å²) < 4.78 is 34.6. The molecular weight excluding hydrogens is 426 g/mol. The maximum Gasteiger partial charge on any atom is 0.200 e. The molecule has 1 aromatic carbocycles. The van der Waals surface area contributed by atoms with Gasteiger partial charge in [-0.2, -0.15) is 4.39 Å². The summed E-state index contributed by atoms with van der Waals surface area (Å²) in [6, 6.07) is 3.35. The van der Waals surface area contributed by atoms with Crippen molar-refractivity contribution in [3.63, 3.8) is 0 Å². The van der Waals surface area contributed by atoms with E-state index in [4.69, 9.17) is 4.74 Å². The van der Waals surface area contributed by atoms with Gasteiger partial charge in [-0.05, 0) is 79.2 Å². The van der Waals surface area contributed by atoms with Gasteiger partial charge in [-0.3, -0.25) is 0 Å². The molecule has 0 bridgehead atoms. The molecule has 4 unspecified atom stereocenters. The Labute approximate surface area is 206 Å². The van der Waals surface area contributed by atoms with Gasteiger partial charge in [0.15, 0.2) is 11.6 Å². The molecule has 34 heavy (non-hydrogen) atoms. The predicted octanol–water partition coefficient (Wildman–Crippen LogP) is 9.61. The van der Waals surface area contributed by atoms with Crippen LogP contribution in [0.15, 0.2) is 24.8 Å². The molecule has 0 spiro atoms. The molecule has 0 heterocycles. The first-order valence-corrected chi connectivity index (χ1v) is 14.3. The van der Waals surface area contributed by atoms with Gasteiger partial charge in [-0.25, -0.2) is 4.39 Å². The van der Waals surface area contributed by atoms with E-state index in [1.807, 2.05) is 0 Å². The molecule has 1 aromatic rings. The van der Waals surface area contributed by atoms with Crippen LogP contribution in [0.25, 0.3) is 0 Å². The van der Waals surface area contributed by atoms with Crippen molar-refractivity contribution in [2.75, 3.05) is 6.61 Å². The molecule has 0 radical (unpaired) electrons. The Kier molecular flexibility index (Phi) is 9.48. The van der Waals surface area contributed by atoms with Crippen molar-refractivity contribution in [2.24, 2.45) is 29.6 Å². The van der Waals surface area contributed by atoms with Crippen LogP contribution in [0.5, 0.6) is 5.75 Å². The lowest BCUT2D eigenvalue weighted by Crippen LogP contribution is -2.31. The summed E-state index contributed by atoms with van der Waals surface area (Å²) in [5.41, 5.74) is 0.554. The van der Waals surface area contributed by atoms with Crippen LogP contribution in [0, 0.1) is 41.2 Å². The molecule has 0 aliphatic heterocycles. The van der Waals surface area contributed by atoms with E-state index in [0.717, 1.165) is 36.5 Å². The third kappa shape index (κ3) is 6.43. The van der Waals surface area contributed by atoms with E-state index in [2.05, 4.69) is 13.5 Å². The van der Waals surface area contributed by atoms with Gasteiger partial charge in [0.25, 0.3) is 0 Å². The largest absolute Gasteiger partial charge is 0.486 e. The van der Waals surface area contributed by atoms with Crippen molar-refractivity contribution >= 4 is 0 Å². The second-order valence-corrected chi connectivity index (χ2v) is 11.7. The summed E-state index contributed by atoms with van der Waals surface area (Å²) >= 11 is 0. The average Bonchev–Trinajstić information content (AvgIpc) is 2.87. The van der Waals surface area contributed by atoms with Gasteiger partial charge < -0.3 is 4.74 Å². The SMILES string of the molecule is C=CCOc1ccc(C2CCC3CC(CCC4CCC(CCCC)CC4)CCC3C2)c(F)c1F. The van der Waals surface area contributed by atoms with Gasteiger partial charge in [0.05, 0.1) is 0 Å². The Morgan fingerprint density at radius 1 is 0.824 bits per heavy atom. The lowest BCUT2D eigenvalue weighted by molar-refractivity contribution is 0.107. The van der Waals surface area contributed by atoms with Gasteiger partial charge in [0.1, 0.15) is 6.61 Å². The molecule has 0 saturated heterocycles. The maximum absolute atomic E-state index is 14.8. The Morgan fingerprint density at radius 3 is 2.21 bits per heavy atom. The van der Waals surface area contributed by atoms with Crippen LogP contribution in [0.2, 0.25) is 0 Å². The Bertz CT molecular complexity index is 782. The molecule has 4 atom stereocenters. The monoisotopic (exact) mass is 472 g/mol. The van der Waals surface area contributed by atoms with E-state index in [-0.39, 0.29) is 18.3 Å². The molecule has 0 N–H and O–H groups in total. The molecule has 0 aromatic heterocycles. The smallest absolute Gasteiger partial charge is 0.200 e. The standard InChI is InChI=1S/C31H46F2O/c1-3-5-6-22-7-9-23(10-8-22)11-12-24-13-14-26-21-27(16-15-25(26)20-24)28-17-18-29(34-19-4-2)31(33)30(28)32/h4,17-18,22-27H,2-3,5-16,19-21H2,1H3. The fourth-order valence-electron chi connectivity index (χ4n) is 7.43. The predicted molar refractivity (Wildman–Crippen MR) is 137 cm³/mol. The fraction of sp³-hybridized carbons (Fsp3) is 0.742. The Hall–Kier alpha value is -1.38. The fourth-order valence-corrected chi connectivity index (χ4v) is 7.43. The van der Waals surface area contributed by atoms with Crippen LogP contribution in [0.3, 0.4) is 0 Å². The Balaban J connectivity index is 1.22. The van der Waals surface area contributed by atoms with E-state index in [9.17, 15) is 8.78 Å². The zero-order valence-corrected chi connectivity index (χ0v) is 21.4. The number of hydrogen-bond donors (Lipinski definition) is 0. The van der Waals surface area contributed by atoms with Crippen molar-refractivity contribution in [3.8, 4) is 5.75 Å². The van der Waals surface area contributed by atoms with Crippen LogP contribution >= 0.6 is 0 Å². The third-order valence-electron chi connectivity index (χ3n) is 9.51. The van der Waals surface area contributed by atoms with Crippen LogP contribution in [-0.2, 0) is 0 Å². The number of hydrogen-bond acceptors (Lipinski definition) is 1. The summed E-state index contributed by atoms with van der Waals surface area (Å²) in [6.07, 6.45) is 21.7. The van der Waals surface area contributed by atoms with Crippen LogP contribution < -0.4 is 4.74 Å². The molecule has 3 aliphatic carbocycles. The molecule has 190 valence electrons. The second kappa shape index (κ2) is 12.5. The minimum Gasteiger partial charge on any atom is -0.486 e. The molecule has 3 heteroatoms. The molecular formula is C31H46F2O. The lowest BCUT2D eigenvalue weighted by Gasteiger charge is -2.43. The second-order valence-electron chi connectivity index (χ2n) is 11.7. The summed E-state index contributed by atoms with van der Waals surface area (Å²) in [4.78, 5) is 0. The summed E-state index contributed by atoms with van der Waals surface area (Å²) in [5, 5.41) is 0. The van der Waals surface area contributed by atoms with Crippen molar-refractivity contribution in [1.82, 2.24) is 0 Å². The summed E-state index contributed by atoms with van der Waals surface area (Å²) in [5.74, 6) is 2.94. The lowest BCUT2D eigenvalue weighted by atomic mass is 9.63.